The molecule has 0 aliphatic carbocycles. The van der Waals surface area contributed by atoms with E-state index in [2.05, 4.69) is 44.5 Å². The van der Waals surface area contributed by atoms with Gasteiger partial charge in [0.1, 0.15) is 0 Å². The Labute approximate surface area is 150 Å². The van der Waals surface area contributed by atoms with Crippen LogP contribution < -0.4 is 10.2 Å². The minimum atomic E-state index is -0.0978. The van der Waals surface area contributed by atoms with Crippen molar-refractivity contribution in [2.75, 3.05) is 16.8 Å². The second-order valence-corrected chi connectivity index (χ2v) is 6.64. The predicted octanol–water partition coefficient (Wildman–Crippen LogP) is 4.11. The molecule has 0 unspecified atom stereocenters. The Morgan fingerprint density at radius 2 is 1.52 bits per heavy atom. The summed E-state index contributed by atoms with van der Waals surface area (Å²) >= 11 is 1.76. The number of nitrogens with one attached hydrogen (secondary N) is 1. The van der Waals surface area contributed by atoms with Gasteiger partial charge in [-0.1, -0.05) is 36.0 Å². The SMILES string of the molecule is O=C(CCN1c2ccccc2Sc2ccccc21)Nc1ncccn1. The Morgan fingerprint density at radius 1 is 0.920 bits per heavy atom. The lowest BCUT2D eigenvalue weighted by Crippen LogP contribution is -2.26. The van der Waals surface area contributed by atoms with Crippen molar-refractivity contribution < 1.29 is 4.79 Å². The van der Waals surface area contributed by atoms with Crippen LogP contribution in [0.2, 0.25) is 0 Å². The molecule has 3 aromatic rings. The first-order chi connectivity index (χ1) is 12.3. The molecular weight excluding hydrogens is 332 g/mol. The third-order valence-corrected chi connectivity index (χ3v) is 5.04. The van der Waals surface area contributed by atoms with E-state index in [0.29, 0.717) is 18.9 Å². The van der Waals surface area contributed by atoms with Gasteiger partial charge in [0.2, 0.25) is 11.9 Å². The summed E-state index contributed by atoms with van der Waals surface area (Å²) in [6.07, 6.45) is 3.57. The zero-order valence-electron chi connectivity index (χ0n) is 13.4. The van der Waals surface area contributed by atoms with E-state index in [0.717, 1.165) is 11.4 Å². The number of aromatic nitrogens is 2. The molecule has 1 aliphatic heterocycles. The van der Waals surface area contributed by atoms with Crippen LogP contribution in [0, 0.1) is 0 Å². The third kappa shape index (κ3) is 3.34. The largest absolute Gasteiger partial charge is 0.339 e. The van der Waals surface area contributed by atoms with Crippen molar-refractivity contribution in [3.63, 3.8) is 0 Å². The summed E-state index contributed by atoms with van der Waals surface area (Å²) < 4.78 is 0. The molecule has 1 amide bonds. The first-order valence-electron chi connectivity index (χ1n) is 8.01. The van der Waals surface area contributed by atoms with E-state index in [1.54, 1.807) is 30.2 Å². The third-order valence-electron chi connectivity index (χ3n) is 3.91. The normalized spacial score (nSPS) is 12.2. The fraction of sp³-hybridized carbons (Fsp3) is 0.105. The zero-order chi connectivity index (χ0) is 17.1. The fourth-order valence-corrected chi connectivity index (χ4v) is 3.88. The second-order valence-electron chi connectivity index (χ2n) is 5.56. The van der Waals surface area contributed by atoms with Crippen LogP contribution in [-0.4, -0.2) is 22.4 Å². The number of amides is 1. The highest BCUT2D eigenvalue weighted by Crippen LogP contribution is 2.47. The Kier molecular flexibility index (Phi) is 4.35. The summed E-state index contributed by atoms with van der Waals surface area (Å²) in [5.74, 6) is 0.238. The van der Waals surface area contributed by atoms with Crippen molar-refractivity contribution in [1.29, 1.82) is 0 Å². The van der Waals surface area contributed by atoms with Crippen LogP contribution in [0.3, 0.4) is 0 Å². The fourth-order valence-electron chi connectivity index (χ4n) is 2.79. The lowest BCUT2D eigenvalue weighted by molar-refractivity contribution is -0.116. The molecule has 0 fully saturated rings. The Balaban J connectivity index is 1.53. The summed E-state index contributed by atoms with van der Waals surface area (Å²) in [4.78, 5) is 24.9. The zero-order valence-corrected chi connectivity index (χ0v) is 14.2. The number of nitrogens with zero attached hydrogens (tertiary/aromatic N) is 3. The topological polar surface area (TPSA) is 58.1 Å². The number of carbonyl (C=O) groups excluding carboxylic acids is 1. The van der Waals surface area contributed by atoms with Crippen LogP contribution in [0.15, 0.2) is 76.8 Å². The molecule has 1 aromatic heterocycles. The van der Waals surface area contributed by atoms with Crippen LogP contribution in [0.25, 0.3) is 0 Å². The maximum Gasteiger partial charge on any atom is 0.229 e. The van der Waals surface area contributed by atoms with Crippen LogP contribution in [0.1, 0.15) is 6.42 Å². The summed E-state index contributed by atoms with van der Waals surface area (Å²) in [6, 6.07) is 18.3. The van der Waals surface area contributed by atoms with E-state index in [4.69, 9.17) is 0 Å². The molecule has 2 aromatic carbocycles. The van der Waals surface area contributed by atoms with Crippen molar-refractivity contribution in [2.24, 2.45) is 0 Å². The Hall–Kier alpha value is -2.86. The number of para-hydroxylation sites is 2. The monoisotopic (exact) mass is 348 g/mol. The quantitative estimate of drug-likeness (QED) is 0.769. The maximum absolute atomic E-state index is 12.3. The predicted molar refractivity (Wildman–Crippen MR) is 99.3 cm³/mol. The molecule has 0 bridgehead atoms. The van der Waals surface area contributed by atoms with Crippen molar-refractivity contribution in [2.45, 2.75) is 16.2 Å². The summed E-state index contributed by atoms with van der Waals surface area (Å²) in [7, 11) is 0. The van der Waals surface area contributed by atoms with Gasteiger partial charge in [-0.2, -0.15) is 0 Å². The van der Waals surface area contributed by atoms with Crippen LogP contribution in [0.5, 0.6) is 0 Å². The highest BCUT2D eigenvalue weighted by atomic mass is 32.2. The van der Waals surface area contributed by atoms with Gasteiger partial charge >= 0.3 is 0 Å². The Bertz CT molecular complexity index is 855. The highest BCUT2D eigenvalue weighted by Gasteiger charge is 2.23. The number of rotatable bonds is 4. The molecule has 5 nitrogen and oxygen atoms in total. The number of fused-ring (bicyclic) bond motifs is 2. The summed E-state index contributed by atoms with van der Waals surface area (Å²) in [5, 5.41) is 2.74. The number of benzene rings is 2. The van der Waals surface area contributed by atoms with Crippen molar-refractivity contribution in [1.82, 2.24) is 9.97 Å². The number of carbonyl (C=O) groups is 1. The van der Waals surface area contributed by atoms with Gasteiger partial charge in [0.05, 0.1) is 11.4 Å². The molecular formula is C19H16N4OS. The van der Waals surface area contributed by atoms with E-state index in [-0.39, 0.29) is 5.91 Å². The molecule has 0 atom stereocenters. The van der Waals surface area contributed by atoms with Crippen LogP contribution in [0.4, 0.5) is 17.3 Å². The molecule has 2 heterocycles. The molecule has 0 saturated carbocycles. The maximum atomic E-state index is 12.3. The van der Waals surface area contributed by atoms with Gasteiger partial charge in [-0.05, 0) is 30.3 Å². The lowest BCUT2D eigenvalue weighted by Gasteiger charge is -2.32. The average molecular weight is 348 g/mol. The minimum absolute atomic E-state index is 0.0978. The van der Waals surface area contributed by atoms with Crippen molar-refractivity contribution in [3.05, 3.63) is 67.0 Å². The average Bonchev–Trinajstić information content (AvgIpc) is 2.66. The van der Waals surface area contributed by atoms with Crippen molar-refractivity contribution >= 4 is 35.0 Å². The first-order valence-corrected chi connectivity index (χ1v) is 8.83. The van der Waals surface area contributed by atoms with Crippen molar-refractivity contribution in [3.8, 4) is 0 Å². The standard InChI is InChI=1S/C19H16N4OS/c24-18(22-19-20-11-5-12-21-19)10-13-23-14-6-1-3-8-16(14)25-17-9-4-2-7-15(17)23/h1-9,11-12H,10,13H2,(H,20,21,22,24). The van der Waals surface area contributed by atoms with E-state index < -0.39 is 0 Å². The molecule has 25 heavy (non-hydrogen) atoms. The van der Waals surface area contributed by atoms with Gasteiger partial charge in [-0.15, -0.1) is 0 Å². The van der Waals surface area contributed by atoms with E-state index in [9.17, 15) is 4.79 Å². The molecule has 1 aliphatic rings. The lowest BCUT2D eigenvalue weighted by atomic mass is 10.2. The summed E-state index contributed by atoms with van der Waals surface area (Å²) in [5.41, 5.74) is 2.27. The van der Waals surface area contributed by atoms with Gasteiger partial charge in [-0.3, -0.25) is 10.1 Å². The van der Waals surface area contributed by atoms with Gasteiger partial charge in [0.15, 0.2) is 0 Å². The smallest absolute Gasteiger partial charge is 0.229 e. The number of anilines is 3. The van der Waals surface area contributed by atoms with Gasteiger partial charge < -0.3 is 4.90 Å². The number of hydrogen-bond donors (Lipinski definition) is 1. The molecule has 0 radical (unpaired) electrons. The number of hydrogen-bond acceptors (Lipinski definition) is 5. The second kappa shape index (κ2) is 6.94. The van der Waals surface area contributed by atoms with Gasteiger partial charge in [0, 0.05) is 35.2 Å². The van der Waals surface area contributed by atoms with Crippen LogP contribution in [-0.2, 0) is 4.79 Å². The van der Waals surface area contributed by atoms with E-state index >= 15 is 0 Å². The highest BCUT2D eigenvalue weighted by molar-refractivity contribution is 7.99. The van der Waals surface area contributed by atoms with Gasteiger partial charge in [0.25, 0.3) is 0 Å². The molecule has 1 N–H and O–H groups in total. The Morgan fingerprint density at radius 3 is 2.16 bits per heavy atom. The van der Waals surface area contributed by atoms with E-state index in [1.807, 2.05) is 24.3 Å². The molecule has 4 rings (SSSR count). The molecule has 6 heteroatoms. The molecule has 0 spiro atoms. The minimum Gasteiger partial charge on any atom is -0.339 e. The first kappa shape index (κ1) is 15.7. The molecule has 124 valence electrons. The summed E-state index contributed by atoms with van der Waals surface area (Å²) in [6.45, 7) is 0.591. The van der Waals surface area contributed by atoms with E-state index in [1.165, 1.54) is 9.79 Å². The van der Waals surface area contributed by atoms with Crippen LogP contribution >= 0.6 is 11.8 Å². The molecule has 0 saturated heterocycles. The van der Waals surface area contributed by atoms with Gasteiger partial charge in [-0.25, -0.2) is 9.97 Å².